The van der Waals surface area contributed by atoms with Gasteiger partial charge in [0.15, 0.2) is 5.96 Å². The molecule has 2 rings (SSSR count). The van der Waals surface area contributed by atoms with Gasteiger partial charge in [-0.3, -0.25) is 9.67 Å². The van der Waals surface area contributed by atoms with Crippen LogP contribution in [0.3, 0.4) is 0 Å². The molecule has 2 heterocycles. The molecule has 0 atom stereocenters. The Hall–Kier alpha value is -2.57. The molecule has 7 nitrogen and oxygen atoms in total. The van der Waals surface area contributed by atoms with E-state index in [4.69, 9.17) is 0 Å². The summed E-state index contributed by atoms with van der Waals surface area (Å²) in [5.41, 5.74) is 3.25. The molecule has 0 saturated carbocycles. The summed E-state index contributed by atoms with van der Waals surface area (Å²) >= 11 is 0. The Bertz CT molecular complexity index is 703. The third-order valence-electron chi connectivity index (χ3n) is 3.85. The number of pyridine rings is 1. The van der Waals surface area contributed by atoms with E-state index in [1.54, 1.807) is 7.05 Å². The van der Waals surface area contributed by atoms with Gasteiger partial charge < -0.3 is 15.5 Å². The molecule has 0 saturated heterocycles. The summed E-state index contributed by atoms with van der Waals surface area (Å²) in [4.78, 5) is 10.9. The number of nitrogens with one attached hydrogen (secondary N) is 2. The van der Waals surface area contributed by atoms with Gasteiger partial charge in [0.25, 0.3) is 0 Å². The minimum Gasteiger partial charge on any atom is -0.363 e. The van der Waals surface area contributed by atoms with Crippen molar-refractivity contribution >= 4 is 11.8 Å². The van der Waals surface area contributed by atoms with Crippen molar-refractivity contribution in [2.24, 2.45) is 4.99 Å². The van der Waals surface area contributed by atoms with Gasteiger partial charge >= 0.3 is 0 Å². The lowest BCUT2D eigenvalue weighted by atomic mass is 10.3. The van der Waals surface area contributed by atoms with Crippen LogP contribution in [0.15, 0.2) is 29.3 Å². The summed E-state index contributed by atoms with van der Waals surface area (Å²) in [6.07, 6.45) is 0.983. The molecular weight excluding hydrogens is 314 g/mol. The summed E-state index contributed by atoms with van der Waals surface area (Å²) in [7, 11) is 5.76. The lowest BCUT2D eigenvalue weighted by molar-refractivity contribution is 0.555. The molecule has 25 heavy (non-hydrogen) atoms. The highest BCUT2D eigenvalue weighted by molar-refractivity contribution is 5.79. The van der Waals surface area contributed by atoms with Crippen LogP contribution >= 0.6 is 0 Å². The zero-order chi connectivity index (χ0) is 18.2. The Morgan fingerprint density at radius 2 is 2.04 bits per heavy atom. The minimum absolute atomic E-state index is 0.638. The Kier molecular flexibility index (Phi) is 6.80. The molecule has 0 aliphatic rings. The van der Waals surface area contributed by atoms with Gasteiger partial charge in [-0.05, 0) is 38.5 Å². The molecule has 0 bridgehead atoms. The quantitative estimate of drug-likeness (QED) is 0.455. The number of guanidine groups is 1. The number of anilines is 1. The maximum atomic E-state index is 4.60. The molecule has 2 aromatic rings. The van der Waals surface area contributed by atoms with Crippen molar-refractivity contribution in [2.75, 3.05) is 32.6 Å². The molecule has 0 aliphatic heterocycles. The first kappa shape index (κ1) is 18.8. The van der Waals surface area contributed by atoms with Gasteiger partial charge in [0.2, 0.25) is 0 Å². The fourth-order valence-corrected chi connectivity index (χ4v) is 2.55. The van der Waals surface area contributed by atoms with E-state index in [0.717, 1.165) is 42.7 Å². The van der Waals surface area contributed by atoms with Gasteiger partial charge in [0, 0.05) is 39.9 Å². The lowest BCUT2D eigenvalue weighted by Gasteiger charge is -2.14. The molecule has 136 valence electrons. The number of aromatic nitrogens is 3. The first-order chi connectivity index (χ1) is 12.0. The monoisotopic (exact) mass is 343 g/mol. The Morgan fingerprint density at radius 1 is 1.24 bits per heavy atom. The number of nitrogens with zero attached hydrogens (tertiary/aromatic N) is 5. The van der Waals surface area contributed by atoms with E-state index in [0.29, 0.717) is 6.54 Å². The van der Waals surface area contributed by atoms with Gasteiger partial charge in [-0.25, -0.2) is 4.98 Å². The summed E-state index contributed by atoms with van der Waals surface area (Å²) in [6, 6.07) is 8.12. The second-order valence-corrected chi connectivity index (χ2v) is 6.24. The van der Waals surface area contributed by atoms with Crippen LogP contribution in [0.5, 0.6) is 0 Å². The van der Waals surface area contributed by atoms with Gasteiger partial charge in [0.05, 0.1) is 17.9 Å². The highest BCUT2D eigenvalue weighted by Crippen LogP contribution is 2.07. The summed E-state index contributed by atoms with van der Waals surface area (Å²) in [5, 5.41) is 11.1. The molecule has 7 heteroatoms. The molecule has 0 spiro atoms. The average Bonchev–Trinajstić information content (AvgIpc) is 2.92. The third kappa shape index (κ3) is 5.77. The first-order valence-corrected chi connectivity index (χ1v) is 8.58. The topological polar surface area (TPSA) is 70.4 Å². The Labute approximate surface area is 150 Å². The van der Waals surface area contributed by atoms with Crippen LogP contribution in [-0.2, 0) is 13.1 Å². The minimum atomic E-state index is 0.638. The average molecular weight is 343 g/mol. The standard InChI is InChI=1S/C18H29N7/c1-14-12-15(2)25(23-14)11-7-10-20-18(19-3)21-13-16-8-6-9-17(22-16)24(4)5/h6,8-9,12H,7,10-11,13H2,1-5H3,(H2,19,20,21). The Balaban J connectivity index is 1.75. The van der Waals surface area contributed by atoms with Crippen LogP contribution in [0.1, 0.15) is 23.5 Å². The summed E-state index contributed by atoms with van der Waals surface area (Å²) in [6.45, 7) is 6.48. The maximum Gasteiger partial charge on any atom is 0.191 e. The fourth-order valence-electron chi connectivity index (χ4n) is 2.55. The molecular formula is C18H29N7. The van der Waals surface area contributed by atoms with Crippen molar-refractivity contribution in [1.82, 2.24) is 25.4 Å². The van der Waals surface area contributed by atoms with Crippen LogP contribution in [0.2, 0.25) is 0 Å². The summed E-state index contributed by atoms with van der Waals surface area (Å²) in [5.74, 6) is 1.73. The smallest absolute Gasteiger partial charge is 0.191 e. The van der Waals surface area contributed by atoms with E-state index >= 15 is 0 Å². The fraction of sp³-hybridized carbons (Fsp3) is 0.500. The number of aliphatic imine (C=N–C) groups is 1. The van der Waals surface area contributed by atoms with Crippen molar-refractivity contribution in [2.45, 2.75) is 33.4 Å². The van der Waals surface area contributed by atoms with E-state index in [1.165, 1.54) is 5.69 Å². The van der Waals surface area contributed by atoms with E-state index in [9.17, 15) is 0 Å². The van der Waals surface area contributed by atoms with Crippen LogP contribution in [-0.4, -0.2) is 48.4 Å². The molecule has 0 radical (unpaired) electrons. The normalized spacial score (nSPS) is 11.5. The number of hydrogen-bond acceptors (Lipinski definition) is 4. The molecule has 2 N–H and O–H groups in total. The molecule has 0 aliphatic carbocycles. The second kappa shape index (κ2) is 9.05. The van der Waals surface area contributed by atoms with E-state index < -0.39 is 0 Å². The van der Waals surface area contributed by atoms with Gasteiger partial charge in [-0.2, -0.15) is 5.10 Å². The van der Waals surface area contributed by atoms with Gasteiger partial charge in [-0.1, -0.05) is 6.07 Å². The van der Waals surface area contributed by atoms with E-state index in [2.05, 4.69) is 38.7 Å². The van der Waals surface area contributed by atoms with E-state index in [1.807, 2.05) is 48.8 Å². The van der Waals surface area contributed by atoms with Crippen LogP contribution in [0.4, 0.5) is 5.82 Å². The molecule has 0 unspecified atom stereocenters. The van der Waals surface area contributed by atoms with Crippen molar-refractivity contribution in [3.63, 3.8) is 0 Å². The first-order valence-electron chi connectivity index (χ1n) is 8.58. The second-order valence-electron chi connectivity index (χ2n) is 6.24. The van der Waals surface area contributed by atoms with Crippen molar-refractivity contribution in [3.05, 3.63) is 41.3 Å². The SMILES string of the molecule is CN=C(NCCCn1nc(C)cc1C)NCc1cccc(N(C)C)n1. The predicted octanol–water partition coefficient (Wildman–Crippen LogP) is 1.72. The third-order valence-corrected chi connectivity index (χ3v) is 3.85. The van der Waals surface area contributed by atoms with Crippen LogP contribution in [0.25, 0.3) is 0 Å². The summed E-state index contributed by atoms with van der Waals surface area (Å²) < 4.78 is 2.05. The highest BCUT2D eigenvalue weighted by Gasteiger charge is 2.03. The Morgan fingerprint density at radius 3 is 2.68 bits per heavy atom. The number of aryl methyl sites for hydroxylation is 3. The number of hydrogen-bond donors (Lipinski definition) is 2. The lowest BCUT2D eigenvalue weighted by Crippen LogP contribution is -2.37. The molecule has 0 aromatic carbocycles. The van der Waals surface area contributed by atoms with Gasteiger partial charge in [-0.15, -0.1) is 0 Å². The molecule has 2 aromatic heterocycles. The highest BCUT2D eigenvalue weighted by atomic mass is 15.3. The maximum absolute atomic E-state index is 4.60. The largest absolute Gasteiger partial charge is 0.363 e. The molecule has 0 fully saturated rings. The van der Waals surface area contributed by atoms with E-state index in [-0.39, 0.29) is 0 Å². The van der Waals surface area contributed by atoms with Crippen molar-refractivity contribution in [1.29, 1.82) is 0 Å². The predicted molar refractivity (Wildman–Crippen MR) is 103 cm³/mol. The van der Waals surface area contributed by atoms with Gasteiger partial charge in [0.1, 0.15) is 5.82 Å². The molecule has 0 amide bonds. The van der Waals surface area contributed by atoms with Crippen LogP contribution < -0.4 is 15.5 Å². The van der Waals surface area contributed by atoms with Crippen molar-refractivity contribution < 1.29 is 0 Å². The van der Waals surface area contributed by atoms with Crippen LogP contribution in [0, 0.1) is 13.8 Å². The van der Waals surface area contributed by atoms with Crippen molar-refractivity contribution in [3.8, 4) is 0 Å². The number of rotatable bonds is 7. The zero-order valence-electron chi connectivity index (χ0n) is 15.9. The zero-order valence-corrected chi connectivity index (χ0v) is 15.9.